The third-order valence-electron chi connectivity index (χ3n) is 2.66. The molecule has 2 nitrogen and oxygen atoms in total. The van der Waals surface area contributed by atoms with E-state index in [1.54, 1.807) is 0 Å². The van der Waals surface area contributed by atoms with E-state index in [0.29, 0.717) is 6.42 Å². The monoisotopic (exact) mass is 198 g/mol. The number of nitrogens with zero attached hydrogens (tertiary/aromatic N) is 2. The fraction of sp³-hybridized carbons (Fsp3) is 0.308. The second-order valence-electron chi connectivity index (χ2n) is 3.94. The quantitative estimate of drug-likeness (QED) is 0.728. The third-order valence-corrected chi connectivity index (χ3v) is 2.66. The molecule has 1 heterocycles. The van der Waals surface area contributed by atoms with Gasteiger partial charge in [-0.2, -0.15) is 5.26 Å². The van der Waals surface area contributed by atoms with Crippen LogP contribution in [0, 0.1) is 25.2 Å². The van der Waals surface area contributed by atoms with Gasteiger partial charge >= 0.3 is 0 Å². The SMILES string of the molecule is Cc1cc(C)c2c(ccn2CCC#N)c1. The Hall–Kier alpha value is -1.75. The minimum Gasteiger partial charge on any atom is -0.346 e. The zero-order valence-corrected chi connectivity index (χ0v) is 9.12. The topological polar surface area (TPSA) is 28.7 Å². The van der Waals surface area contributed by atoms with Gasteiger partial charge in [0, 0.05) is 18.1 Å². The summed E-state index contributed by atoms with van der Waals surface area (Å²) in [5, 5.41) is 9.86. The Kier molecular flexibility index (Phi) is 2.47. The lowest BCUT2D eigenvalue weighted by molar-refractivity contribution is 0.743. The van der Waals surface area contributed by atoms with Gasteiger partial charge in [-0.1, -0.05) is 11.6 Å². The van der Waals surface area contributed by atoms with Gasteiger partial charge < -0.3 is 4.57 Å². The van der Waals surface area contributed by atoms with Gasteiger partial charge in [0.2, 0.25) is 0 Å². The maximum atomic E-state index is 8.59. The molecule has 2 aromatic rings. The number of benzene rings is 1. The molecule has 0 bridgehead atoms. The molecular weight excluding hydrogens is 184 g/mol. The number of rotatable bonds is 2. The second kappa shape index (κ2) is 3.78. The molecule has 15 heavy (non-hydrogen) atoms. The summed E-state index contributed by atoms with van der Waals surface area (Å²) in [6, 6.07) is 8.67. The van der Waals surface area contributed by atoms with Crippen LogP contribution in [0.25, 0.3) is 10.9 Å². The van der Waals surface area contributed by atoms with Gasteiger partial charge in [0.1, 0.15) is 0 Å². The van der Waals surface area contributed by atoms with Crippen molar-refractivity contribution in [2.45, 2.75) is 26.8 Å². The van der Waals surface area contributed by atoms with E-state index in [1.165, 1.54) is 22.0 Å². The number of fused-ring (bicyclic) bond motifs is 1. The first-order valence-corrected chi connectivity index (χ1v) is 5.15. The summed E-state index contributed by atoms with van der Waals surface area (Å²) in [6.07, 6.45) is 2.63. The second-order valence-corrected chi connectivity index (χ2v) is 3.94. The van der Waals surface area contributed by atoms with E-state index in [4.69, 9.17) is 5.26 Å². The van der Waals surface area contributed by atoms with E-state index < -0.39 is 0 Å². The van der Waals surface area contributed by atoms with Gasteiger partial charge in [-0.05, 0) is 31.5 Å². The zero-order chi connectivity index (χ0) is 10.8. The molecule has 0 saturated heterocycles. The van der Waals surface area contributed by atoms with Crippen LogP contribution in [0.3, 0.4) is 0 Å². The molecule has 2 rings (SSSR count). The van der Waals surface area contributed by atoms with Crippen LogP contribution in [-0.4, -0.2) is 4.57 Å². The van der Waals surface area contributed by atoms with Crippen LogP contribution in [0.4, 0.5) is 0 Å². The normalized spacial score (nSPS) is 10.5. The van der Waals surface area contributed by atoms with Gasteiger partial charge in [0.25, 0.3) is 0 Å². The van der Waals surface area contributed by atoms with Gasteiger partial charge in [-0.25, -0.2) is 0 Å². The van der Waals surface area contributed by atoms with E-state index in [-0.39, 0.29) is 0 Å². The van der Waals surface area contributed by atoms with Crippen molar-refractivity contribution < 1.29 is 0 Å². The van der Waals surface area contributed by atoms with Crippen LogP contribution in [-0.2, 0) is 6.54 Å². The zero-order valence-electron chi connectivity index (χ0n) is 9.12. The average molecular weight is 198 g/mol. The summed E-state index contributed by atoms with van der Waals surface area (Å²) in [6.45, 7) is 5.02. The fourth-order valence-electron chi connectivity index (χ4n) is 2.11. The molecule has 0 spiro atoms. The van der Waals surface area contributed by atoms with Crippen LogP contribution < -0.4 is 0 Å². The lowest BCUT2D eigenvalue weighted by Crippen LogP contribution is -1.96. The van der Waals surface area contributed by atoms with Gasteiger partial charge in [-0.15, -0.1) is 0 Å². The molecule has 0 aliphatic carbocycles. The minimum atomic E-state index is 0.567. The van der Waals surface area contributed by atoms with Crippen LogP contribution in [0.1, 0.15) is 17.5 Å². The average Bonchev–Trinajstić information content (AvgIpc) is 2.58. The highest BCUT2D eigenvalue weighted by Gasteiger charge is 2.04. The molecule has 2 heteroatoms. The first-order valence-electron chi connectivity index (χ1n) is 5.15. The predicted octanol–water partition coefficient (Wildman–Crippen LogP) is 3.17. The standard InChI is InChI=1S/C13H14N2/c1-10-8-11(2)13-12(9-10)4-7-15(13)6-3-5-14/h4,7-9H,3,6H2,1-2H3. The smallest absolute Gasteiger partial charge is 0.0640 e. The molecular formula is C13H14N2. The molecule has 0 fully saturated rings. The minimum absolute atomic E-state index is 0.567. The van der Waals surface area contributed by atoms with E-state index in [2.05, 4.69) is 48.9 Å². The highest BCUT2D eigenvalue weighted by molar-refractivity contribution is 5.84. The Morgan fingerprint density at radius 2 is 2.13 bits per heavy atom. The number of aryl methyl sites for hydroxylation is 3. The maximum Gasteiger partial charge on any atom is 0.0640 e. The highest BCUT2D eigenvalue weighted by atomic mass is 14.9. The summed E-state index contributed by atoms with van der Waals surface area (Å²) in [5.41, 5.74) is 3.84. The molecule has 0 radical (unpaired) electrons. The molecule has 1 aromatic carbocycles. The summed E-state index contributed by atoms with van der Waals surface area (Å²) >= 11 is 0. The highest BCUT2D eigenvalue weighted by Crippen LogP contribution is 2.21. The summed E-state index contributed by atoms with van der Waals surface area (Å²) in [5.74, 6) is 0. The van der Waals surface area contributed by atoms with Crippen LogP contribution in [0.2, 0.25) is 0 Å². The van der Waals surface area contributed by atoms with Crippen molar-refractivity contribution in [2.24, 2.45) is 0 Å². The third kappa shape index (κ3) is 1.73. The summed E-state index contributed by atoms with van der Waals surface area (Å²) in [4.78, 5) is 0. The van der Waals surface area contributed by atoms with Gasteiger partial charge in [0.05, 0.1) is 18.0 Å². The van der Waals surface area contributed by atoms with Crippen molar-refractivity contribution in [3.8, 4) is 6.07 Å². The molecule has 1 aromatic heterocycles. The van der Waals surface area contributed by atoms with Crippen molar-refractivity contribution >= 4 is 10.9 Å². The largest absolute Gasteiger partial charge is 0.346 e. The Bertz CT molecular complexity index is 529. The summed E-state index contributed by atoms with van der Waals surface area (Å²) < 4.78 is 2.16. The van der Waals surface area contributed by atoms with Crippen molar-refractivity contribution in [2.75, 3.05) is 0 Å². The Morgan fingerprint density at radius 1 is 1.33 bits per heavy atom. The number of hydrogen-bond acceptors (Lipinski definition) is 1. The van der Waals surface area contributed by atoms with Crippen molar-refractivity contribution in [1.82, 2.24) is 4.57 Å². The number of hydrogen-bond donors (Lipinski definition) is 0. The first kappa shape index (κ1) is 9.79. The van der Waals surface area contributed by atoms with Crippen molar-refractivity contribution in [3.63, 3.8) is 0 Å². The molecule has 0 aliphatic rings. The Balaban J connectivity index is 2.55. The van der Waals surface area contributed by atoms with Gasteiger partial charge in [-0.3, -0.25) is 0 Å². The van der Waals surface area contributed by atoms with Crippen molar-refractivity contribution in [3.05, 3.63) is 35.5 Å². The van der Waals surface area contributed by atoms with Crippen LogP contribution in [0.15, 0.2) is 24.4 Å². The van der Waals surface area contributed by atoms with E-state index in [1.807, 2.05) is 0 Å². The molecule has 0 unspecified atom stereocenters. The number of nitriles is 1. The molecule has 0 atom stereocenters. The lowest BCUT2D eigenvalue weighted by Gasteiger charge is -2.06. The maximum absolute atomic E-state index is 8.59. The van der Waals surface area contributed by atoms with E-state index >= 15 is 0 Å². The van der Waals surface area contributed by atoms with Crippen LogP contribution >= 0.6 is 0 Å². The Morgan fingerprint density at radius 3 is 2.87 bits per heavy atom. The van der Waals surface area contributed by atoms with E-state index in [9.17, 15) is 0 Å². The molecule has 0 N–H and O–H groups in total. The Labute approximate surface area is 89.7 Å². The number of aromatic nitrogens is 1. The van der Waals surface area contributed by atoms with E-state index in [0.717, 1.165) is 6.54 Å². The molecule has 0 saturated carbocycles. The van der Waals surface area contributed by atoms with Gasteiger partial charge in [0.15, 0.2) is 0 Å². The van der Waals surface area contributed by atoms with Crippen LogP contribution in [0.5, 0.6) is 0 Å². The molecule has 0 aliphatic heterocycles. The van der Waals surface area contributed by atoms with Crippen molar-refractivity contribution in [1.29, 1.82) is 5.26 Å². The molecule has 76 valence electrons. The predicted molar refractivity (Wildman–Crippen MR) is 61.6 cm³/mol. The summed E-state index contributed by atoms with van der Waals surface area (Å²) in [7, 11) is 0. The molecule has 0 amide bonds. The lowest BCUT2D eigenvalue weighted by atomic mass is 10.1. The fourth-order valence-corrected chi connectivity index (χ4v) is 2.11. The first-order chi connectivity index (χ1) is 7.22.